The third-order valence-electron chi connectivity index (χ3n) is 3.84. The second-order valence-electron chi connectivity index (χ2n) is 5.36. The highest BCUT2D eigenvalue weighted by molar-refractivity contribution is 8.00. The summed E-state index contributed by atoms with van der Waals surface area (Å²) in [4.78, 5) is 25.7. The molecule has 1 amide bonds. The molecule has 2 rings (SSSR count). The van der Waals surface area contributed by atoms with Gasteiger partial charge in [-0.3, -0.25) is 9.59 Å². The molecule has 114 valence electrons. The summed E-state index contributed by atoms with van der Waals surface area (Å²) in [6, 6.07) is 9.93. The van der Waals surface area contributed by atoms with Crippen LogP contribution in [0.1, 0.15) is 25.7 Å². The van der Waals surface area contributed by atoms with Gasteiger partial charge in [0.05, 0.1) is 5.75 Å². The first-order chi connectivity index (χ1) is 10.1. The van der Waals surface area contributed by atoms with Crippen molar-refractivity contribution in [2.24, 2.45) is 5.92 Å². The molecule has 1 fully saturated rings. The van der Waals surface area contributed by atoms with Gasteiger partial charge in [0.25, 0.3) is 0 Å². The summed E-state index contributed by atoms with van der Waals surface area (Å²) >= 11 is 1.57. The monoisotopic (exact) mass is 307 g/mol. The molecule has 1 N–H and O–H groups in total. The highest BCUT2D eigenvalue weighted by Crippen LogP contribution is 2.23. The number of carboxylic acid groups (broad SMARTS) is 1. The summed E-state index contributed by atoms with van der Waals surface area (Å²) < 4.78 is 0. The molecule has 0 spiro atoms. The van der Waals surface area contributed by atoms with Crippen LogP contribution < -0.4 is 0 Å². The van der Waals surface area contributed by atoms with E-state index in [0.29, 0.717) is 11.7 Å². The molecule has 1 heterocycles. The van der Waals surface area contributed by atoms with Crippen LogP contribution in [0.5, 0.6) is 0 Å². The topological polar surface area (TPSA) is 57.6 Å². The van der Waals surface area contributed by atoms with Gasteiger partial charge in [-0.15, -0.1) is 11.8 Å². The maximum absolute atomic E-state index is 12.2. The number of nitrogens with zero attached hydrogens (tertiary/aromatic N) is 1. The molecule has 0 aromatic heterocycles. The van der Waals surface area contributed by atoms with Gasteiger partial charge < -0.3 is 10.0 Å². The highest BCUT2D eigenvalue weighted by Gasteiger charge is 2.22. The molecular weight excluding hydrogens is 286 g/mol. The molecule has 0 unspecified atom stereocenters. The lowest BCUT2D eigenvalue weighted by molar-refractivity contribution is -0.137. The van der Waals surface area contributed by atoms with Crippen LogP contribution in [-0.2, 0) is 9.59 Å². The van der Waals surface area contributed by atoms with Gasteiger partial charge in [0, 0.05) is 24.4 Å². The van der Waals surface area contributed by atoms with Crippen LogP contribution in [0.15, 0.2) is 35.2 Å². The van der Waals surface area contributed by atoms with Gasteiger partial charge in [0.15, 0.2) is 0 Å². The van der Waals surface area contributed by atoms with Gasteiger partial charge in [0.1, 0.15) is 0 Å². The van der Waals surface area contributed by atoms with Crippen molar-refractivity contribution in [1.29, 1.82) is 0 Å². The number of carbonyl (C=O) groups excluding carboxylic acids is 1. The Morgan fingerprint density at radius 2 is 1.86 bits per heavy atom. The predicted octanol–water partition coefficient (Wildman–Crippen LogP) is 2.88. The van der Waals surface area contributed by atoms with Gasteiger partial charge in [-0.25, -0.2) is 0 Å². The Hall–Kier alpha value is -1.49. The number of carboxylic acids is 1. The summed E-state index contributed by atoms with van der Waals surface area (Å²) in [5.74, 6) is 0.379. The van der Waals surface area contributed by atoms with E-state index in [1.807, 2.05) is 35.2 Å². The number of hydrogen-bond acceptors (Lipinski definition) is 3. The smallest absolute Gasteiger partial charge is 0.303 e. The van der Waals surface area contributed by atoms with Crippen molar-refractivity contribution in [3.8, 4) is 0 Å². The molecule has 1 saturated heterocycles. The molecule has 1 aliphatic rings. The number of aliphatic carboxylic acids is 1. The number of benzene rings is 1. The molecule has 0 saturated carbocycles. The van der Waals surface area contributed by atoms with Crippen molar-refractivity contribution in [3.63, 3.8) is 0 Å². The number of thioether (sulfide) groups is 1. The average molecular weight is 307 g/mol. The third kappa shape index (κ3) is 5.42. The van der Waals surface area contributed by atoms with Crippen molar-refractivity contribution in [1.82, 2.24) is 4.90 Å². The first kappa shape index (κ1) is 15.9. The van der Waals surface area contributed by atoms with E-state index < -0.39 is 5.97 Å². The minimum atomic E-state index is -0.729. The van der Waals surface area contributed by atoms with Gasteiger partial charge in [-0.2, -0.15) is 0 Å². The average Bonchev–Trinajstić information content (AvgIpc) is 2.52. The van der Waals surface area contributed by atoms with Crippen molar-refractivity contribution in [3.05, 3.63) is 30.3 Å². The second kappa shape index (κ2) is 8.08. The molecule has 0 aliphatic carbocycles. The Bertz CT molecular complexity index is 470. The van der Waals surface area contributed by atoms with Crippen LogP contribution in [-0.4, -0.2) is 40.7 Å². The molecular formula is C16H21NO3S. The van der Waals surface area contributed by atoms with Crippen molar-refractivity contribution < 1.29 is 14.7 Å². The van der Waals surface area contributed by atoms with Crippen LogP contribution in [0.25, 0.3) is 0 Å². The Kier molecular flexibility index (Phi) is 6.11. The zero-order valence-corrected chi connectivity index (χ0v) is 12.8. The zero-order valence-electron chi connectivity index (χ0n) is 12.0. The van der Waals surface area contributed by atoms with E-state index in [1.165, 1.54) is 0 Å². The minimum Gasteiger partial charge on any atom is -0.481 e. The second-order valence-corrected chi connectivity index (χ2v) is 6.41. The van der Waals surface area contributed by atoms with E-state index >= 15 is 0 Å². The SMILES string of the molecule is O=C(O)CCC1CCN(C(=O)CSc2ccccc2)CC1. The Morgan fingerprint density at radius 1 is 1.19 bits per heavy atom. The lowest BCUT2D eigenvalue weighted by Gasteiger charge is -2.31. The summed E-state index contributed by atoms with van der Waals surface area (Å²) in [6.07, 6.45) is 2.82. The Morgan fingerprint density at radius 3 is 2.48 bits per heavy atom. The highest BCUT2D eigenvalue weighted by atomic mass is 32.2. The van der Waals surface area contributed by atoms with Crippen LogP contribution in [0.4, 0.5) is 0 Å². The van der Waals surface area contributed by atoms with E-state index in [2.05, 4.69) is 0 Å². The van der Waals surface area contributed by atoms with Crippen LogP contribution in [0.2, 0.25) is 0 Å². The Balaban J connectivity index is 1.69. The summed E-state index contributed by atoms with van der Waals surface area (Å²) in [7, 11) is 0. The summed E-state index contributed by atoms with van der Waals surface area (Å²) in [5.41, 5.74) is 0. The maximum atomic E-state index is 12.2. The zero-order chi connectivity index (χ0) is 15.1. The lowest BCUT2D eigenvalue weighted by Crippen LogP contribution is -2.39. The standard InChI is InChI=1S/C16H21NO3S/c18-15(12-21-14-4-2-1-3-5-14)17-10-8-13(9-11-17)6-7-16(19)20/h1-5,13H,6-12H2,(H,19,20). The number of hydrogen-bond donors (Lipinski definition) is 1. The quantitative estimate of drug-likeness (QED) is 0.821. The van der Waals surface area contributed by atoms with Crippen LogP contribution >= 0.6 is 11.8 Å². The number of likely N-dealkylation sites (tertiary alicyclic amines) is 1. The summed E-state index contributed by atoms with van der Waals surface area (Å²) in [5, 5.41) is 8.70. The maximum Gasteiger partial charge on any atom is 0.303 e. The molecule has 1 aromatic rings. The van der Waals surface area contributed by atoms with Gasteiger partial charge in [-0.05, 0) is 37.3 Å². The number of carbonyl (C=O) groups is 2. The largest absolute Gasteiger partial charge is 0.481 e. The number of amides is 1. The molecule has 5 heteroatoms. The van der Waals surface area contributed by atoms with E-state index in [-0.39, 0.29) is 12.3 Å². The predicted molar refractivity (Wildman–Crippen MR) is 83.3 cm³/mol. The van der Waals surface area contributed by atoms with E-state index in [9.17, 15) is 9.59 Å². The van der Waals surface area contributed by atoms with E-state index in [1.54, 1.807) is 11.8 Å². The van der Waals surface area contributed by atoms with Crippen LogP contribution in [0.3, 0.4) is 0 Å². The first-order valence-corrected chi connectivity index (χ1v) is 8.31. The lowest BCUT2D eigenvalue weighted by atomic mass is 9.92. The first-order valence-electron chi connectivity index (χ1n) is 7.32. The molecule has 0 radical (unpaired) electrons. The number of rotatable bonds is 6. The Labute approximate surface area is 129 Å². The van der Waals surface area contributed by atoms with Crippen molar-refractivity contribution in [2.45, 2.75) is 30.6 Å². The van der Waals surface area contributed by atoms with Gasteiger partial charge in [0.2, 0.25) is 5.91 Å². The fourth-order valence-electron chi connectivity index (χ4n) is 2.55. The third-order valence-corrected chi connectivity index (χ3v) is 4.84. The van der Waals surface area contributed by atoms with Gasteiger partial charge >= 0.3 is 5.97 Å². The van der Waals surface area contributed by atoms with Crippen molar-refractivity contribution >= 4 is 23.6 Å². The fourth-order valence-corrected chi connectivity index (χ4v) is 3.37. The fraction of sp³-hybridized carbons (Fsp3) is 0.500. The van der Waals surface area contributed by atoms with E-state index in [0.717, 1.165) is 37.2 Å². The molecule has 21 heavy (non-hydrogen) atoms. The van der Waals surface area contributed by atoms with Crippen LogP contribution in [0, 0.1) is 5.92 Å². The molecule has 1 aromatic carbocycles. The number of piperidine rings is 1. The molecule has 0 bridgehead atoms. The minimum absolute atomic E-state index is 0.181. The molecule has 4 nitrogen and oxygen atoms in total. The molecule has 1 aliphatic heterocycles. The van der Waals surface area contributed by atoms with Crippen molar-refractivity contribution in [2.75, 3.05) is 18.8 Å². The molecule has 0 atom stereocenters. The van der Waals surface area contributed by atoms with E-state index in [4.69, 9.17) is 5.11 Å². The normalized spacial score (nSPS) is 15.9. The van der Waals surface area contributed by atoms with Gasteiger partial charge in [-0.1, -0.05) is 18.2 Å². The summed E-state index contributed by atoms with van der Waals surface area (Å²) in [6.45, 7) is 1.52.